The Morgan fingerprint density at radius 3 is 2.00 bits per heavy atom. The zero-order valence-electron chi connectivity index (χ0n) is 6.16. The van der Waals surface area contributed by atoms with Gasteiger partial charge in [-0.05, 0) is 0 Å². The van der Waals surface area contributed by atoms with Crippen molar-refractivity contribution in [3.8, 4) is 0 Å². The molecule has 0 heterocycles. The second-order valence-corrected chi connectivity index (χ2v) is 1.90. The van der Waals surface area contributed by atoms with Crippen LogP contribution in [-0.2, 0) is 4.79 Å². The van der Waals surface area contributed by atoms with Gasteiger partial charge in [0.05, 0.1) is 0 Å². The Labute approximate surface area is 58.7 Å². The minimum Gasteiger partial charge on any atom is -0.328 e. The highest BCUT2D eigenvalue weighted by molar-refractivity contribution is 5.78. The van der Waals surface area contributed by atoms with Gasteiger partial charge in [-0.15, -0.1) is 5.11 Å². The maximum Gasteiger partial charge on any atom is 0.361 e. The average Bonchev–Trinajstić information content (AvgIpc) is 1.82. The molecule has 0 aliphatic heterocycles. The Bertz CT molecular complexity index is 174. The maximum atomic E-state index is 10.6. The summed E-state index contributed by atoms with van der Waals surface area (Å²) in [7, 11) is 3.06. The van der Waals surface area contributed by atoms with Crippen LogP contribution in [0, 0.1) is 0 Å². The van der Waals surface area contributed by atoms with E-state index < -0.39 is 11.9 Å². The summed E-state index contributed by atoms with van der Waals surface area (Å²) in [6.07, 6.45) is 0. The van der Waals surface area contributed by atoms with Crippen LogP contribution in [-0.4, -0.2) is 30.9 Å². The Hall–Kier alpha value is -1.26. The number of hydrogen-bond acceptors (Lipinski definition) is 2. The van der Waals surface area contributed by atoms with Gasteiger partial charge in [-0.3, -0.25) is 4.79 Å². The smallest absolute Gasteiger partial charge is 0.328 e. The summed E-state index contributed by atoms with van der Waals surface area (Å²) in [6.45, 7) is 1.23. The third kappa shape index (κ3) is 3.71. The van der Waals surface area contributed by atoms with Gasteiger partial charge in [0.2, 0.25) is 0 Å². The quantitative estimate of drug-likeness (QED) is 0.468. The predicted octanol–water partition coefficient (Wildman–Crippen LogP) is 0.667. The van der Waals surface area contributed by atoms with Gasteiger partial charge in [0.15, 0.2) is 0 Å². The van der Waals surface area contributed by atoms with E-state index in [4.69, 9.17) is 0 Å². The van der Waals surface area contributed by atoms with E-state index in [1.54, 1.807) is 0 Å². The molecule has 0 saturated carbocycles. The number of carbonyl (C=O) groups is 2. The molecule has 0 N–H and O–H groups in total. The molecule has 0 fully saturated rings. The normalized spacial score (nSPS) is 9.90. The zero-order valence-corrected chi connectivity index (χ0v) is 6.16. The summed E-state index contributed by atoms with van der Waals surface area (Å²) in [5.74, 6) is -0.477. The molecule has 10 heavy (non-hydrogen) atoms. The van der Waals surface area contributed by atoms with E-state index in [0.29, 0.717) is 0 Å². The molecule has 0 aliphatic rings. The first-order valence-electron chi connectivity index (χ1n) is 2.67. The third-order valence-electron chi connectivity index (χ3n) is 0.659. The second kappa shape index (κ2) is 3.71. The first-order chi connectivity index (χ1) is 4.54. The van der Waals surface area contributed by atoms with Crippen molar-refractivity contribution in [3.63, 3.8) is 0 Å². The fraction of sp³-hybridized carbons (Fsp3) is 0.600. The van der Waals surface area contributed by atoms with Gasteiger partial charge in [0.1, 0.15) is 0 Å². The third-order valence-corrected chi connectivity index (χ3v) is 0.659. The Balaban J connectivity index is 3.90. The molecule has 0 bridgehead atoms. The fourth-order valence-corrected chi connectivity index (χ4v) is 0.203. The van der Waals surface area contributed by atoms with Gasteiger partial charge in [-0.1, -0.05) is 5.11 Å². The van der Waals surface area contributed by atoms with E-state index in [0.717, 1.165) is 0 Å². The molecule has 0 aromatic heterocycles. The van der Waals surface area contributed by atoms with E-state index in [1.807, 2.05) is 0 Å². The standard InChI is InChI=1S/C5H9N3O2/c1-4(9)6-7-5(10)8(2)3/h1-3H3. The minimum absolute atomic E-state index is 0.477. The molecule has 0 aromatic carbocycles. The fourth-order valence-electron chi connectivity index (χ4n) is 0.203. The summed E-state index contributed by atoms with van der Waals surface area (Å²) in [6, 6.07) is -0.532. The van der Waals surface area contributed by atoms with E-state index in [2.05, 4.69) is 10.2 Å². The van der Waals surface area contributed by atoms with Crippen LogP contribution in [0.4, 0.5) is 4.79 Å². The molecule has 0 unspecified atom stereocenters. The highest BCUT2D eigenvalue weighted by atomic mass is 16.2. The number of rotatable bonds is 0. The topological polar surface area (TPSA) is 62.1 Å². The summed E-state index contributed by atoms with van der Waals surface area (Å²) < 4.78 is 0. The predicted molar refractivity (Wildman–Crippen MR) is 34.6 cm³/mol. The number of urea groups is 1. The molecular formula is C5H9N3O2. The highest BCUT2D eigenvalue weighted by Gasteiger charge is 1.99. The lowest BCUT2D eigenvalue weighted by Gasteiger charge is -2.01. The van der Waals surface area contributed by atoms with Crippen molar-refractivity contribution < 1.29 is 9.59 Å². The zero-order chi connectivity index (χ0) is 8.15. The largest absolute Gasteiger partial charge is 0.361 e. The maximum absolute atomic E-state index is 10.6. The first kappa shape index (κ1) is 8.74. The Morgan fingerprint density at radius 1 is 1.20 bits per heavy atom. The number of hydrogen-bond donors (Lipinski definition) is 0. The van der Waals surface area contributed by atoms with Gasteiger partial charge in [-0.25, -0.2) is 4.79 Å². The van der Waals surface area contributed by atoms with Crippen LogP contribution in [0.5, 0.6) is 0 Å². The summed E-state index contributed by atoms with van der Waals surface area (Å²) >= 11 is 0. The summed E-state index contributed by atoms with van der Waals surface area (Å²) in [5, 5.41) is 6.13. The number of nitrogens with zero attached hydrogens (tertiary/aromatic N) is 3. The highest BCUT2D eigenvalue weighted by Crippen LogP contribution is 1.85. The van der Waals surface area contributed by atoms with Gasteiger partial charge in [0, 0.05) is 21.0 Å². The molecule has 0 aliphatic carbocycles. The van der Waals surface area contributed by atoms with Crippen LogP contribution in [0.2, 0.25) is 0 Å². The number of azo groups is 1. The van der Waals surface area contributed by atoms with Crippen molar-refractivity contribution in [2.75, 3.05) is 14.1 Å². The molecule has 0 radical (unpaired) electrons. The molecule has 5 heteroatoms. The molecule has 0 rings (SSSR count). The molecule has 56 valence electrons. The molecule has 0 atom stereocenters. The van der Waals surface area contributed by atoms with E-state index in [9.17, 15) is 9.59 Å². The van der Waals surface area contributed by atoms with Crippen molar-refractivity contribution in [1.82, 2.24) is 4.90 Å². The lowest BCUT2D eigenvalue weighted by Crippen LogP contribution is -2.17. The van der Waals surface area contributed by atoms with E-state index in [-0.39, 0.29) is 0 Å². The van der Waals surface area contributed by atoms with Crippen molar-refractivity contribution in [3.05, 3.63) is 0 Å². The van der Waals surface area contributed by atoms with Crippen LogP contribution < -0.4 is 0 Å². The first-order valence-corrected chi connectivity index (χ1v) is 2.67. The van der Waals surface area contributed by atoms with Gasteiger partial charge >= 0.3 is 6.03 Å². The minimum atomic E-state index is -0.532. The summed E-state index contributed by atoms with van der Waals surface area (Å²) in [5.41, 5.74) is 0. The Morgan fingerprint density at radius 2 is 1.70 bits per heavy atom. The lowest BCUT2D eigenvalue weighted by molar-refractivity contribution is -0.116. The van der Waals surface area contributed by atoms with Crippen LogP contribution >= 0.6 is 0 Å². The van der Waals surface area contributed by atoms with Crippen molar-refractivity contribution in [1.29, 1.82) is 0 Å². The van der Waals surface area contributed by atoms with Crippen LogP contribution in [0.15, 0.2) is 10.2 Å². The van der Waals surface area contributed by atoms with Crippen LogP contribution in [0.25, 0.3) is 0 Å². The molecule has 5 nitrogen and oxygen atoms in total. The molecule has 3 amide bonds. The molecular weight excluding hydrogens is 134 g/mol. The average molecular weight is 143 g/mol. The monoisotopic (exact) mass is 143 g/mol. The van der Waals surface area contributed by atoms with E-state index >= 15 is 0 Å². The van der Waals surface area contributed by atoms with Gasteiger partial charge < -0.3 is 4.90 Å². The number of amides is 3. The van der Waals surface area contributed by atoms with Crippen LogP contribution in [0.1, 0.15) is 6.92 Å². The molecule has 0 aromatic rings. The van der Waals surface area contributed by atoms with Crippen molar-refractivity contribution in [2.24, 2.45) is 10.2 Å². The van der Waals surface area contributed by atoms with Crippen molar-refractivity contribution >= 4 is 11.9 Å². The lowest BCUT2D eigenvalue weighted by atomic mass is 10.8. The second-order valence-electron chi connectivity index (χ2n) is 1.90. The molecule has 0 saturated heterocycles. The number of carbonyl (C=O) groups excluding carboxylic acids is 2. The Kier molecular flexibility index (Phi) is 3.24. The van der Waals surface area contributed by atoms with Gasteiger partial charge in [-0.2, -0.15) is 0 Å². The van der Waals surface area contributed by atoms with Crippen LogP contribution in [0.3, 0.4) is 0 Å². The van der Waals surface area contributed by atoms with Gasteiger partial charge in [0.25, 0.3) is 5.91 Å². The summed E-state index contributed by atoms with van der Waals surface area (Å²) in [4.78, 5) is 21.9. The van der Waals surface area contributed by atoms with E-state index in [1.165, 1.54) is 25.9 Å². The van der Waals surface area contributed by atoms with Crippen molar-refractivity contribution in [2.45, 2.75) is 6.92 Å². The molecule has 0 spiro atoms. The SMILES string of the molecule is CC(=O)N=NC(=O)N(C)C.